The molecule has 0 aliphatic carbocycles. The molecule has 0 aromatic heterocycles. The van der Waals surface area contributed by atoms with Crippen LogP contribution < -0.4 is 4.90 Å². The van der Waals surface area contributed by atoms with Crippen LogP contribution in [0.1, 0.15) is 19.4 Å². The van der Waals surface area contributed by atoms with Gasteiger partial charge in [-0.1, -0.05) is 0 Å². The van der Waals surface area contributed by atoms with Crippen molar-refractivity contribution in [3.63, 3.8) is 0 Å². The highest BCUT2D eigenvalue weighted by Gasteiger charge is 2.20. The van der Waals surface area contributed by atoms with Gasteiger partial charge in [0.05, 0.1) is 23.8 Å². The number of aliphatic hydroxyl groups is 2. The van der Waals surface area contributed by atoms with E-state index in [4.69, 9.17) is 5.26 Å². The Kier molecular flexibility index (Phi) is 5.21. The van der Waals surface area contributed by atoms with Crippen molar-refractivity contribution in [2.45, 2.75) is 26.1 Å². The van der Waals surface area contributed by atoms with Crippen molar-refractivity contribution >= 4 is 5.69 Å². The minimum atomic E-state index is -0.891. The van der Waals surface area contributed by atoms with Crippen LogP contribution in [-0.4, -0.2) is 35.5 Å². The first-order valence-corrected chi connectivity index (χ1v) is 5.85. The van der Waals surface area contributed by atoms with Gasteiger partial charge in [0.1, 0.15) is 5.69 Å². The summed E-state index contributed by atoms with van der Waals surface area (Å²) in [5, 5.41) is 27.3. The summed E-state index contributed by atoms with van der Waals surface area (Å²) in [4.78, 5) is 1.22. The SMILES string of the molecule is CC(O)CN(CC(C)O)c1c(F)cc(C#N)cc1F. The first-order chi connectivity index (χ1) is 8.85. The van der Waals surface area contributed by atoms with Crippen molar-refractivity contribution in [1.82, 2.24) is 0 Å². The molecule has 4 nitrogen and oxygen atoms in total. The van der Waals surface area contributed by atoms with Crippen LogP contribution in [0.15, 0.2) is 12.1 Å². The fourth-order valence-corrected chi connectivity index (χ4v) is 1.83. The number of hydrogen-bond donors (Lipinski definition) is 2. The minimum Gasteiger partial charge on any atom is -0.392 e. The molecule has 104 valence electrons. The molecule has 0 saturated carbocycles. The average molecular weight is 270 g/mol. The van der Waals surface area contributed by atoms with E-state index in [9.17, 15) is 19.0 Å². The summed E-state index contributed by atoms with van der Waals surface area (Å²) in [7, 11) is 0. The maximum absolute atomic E-state index is 13.9. The monoisotopic (exact) mass is 270 g/mol. The van der Waals surface area contributed by atoms with Gasteiger partial charge in [-0.15, -0.1) is 0 Å². The number of rotatable bonds is 5. The Balaban J connectivity index is 3.18. The molecule has 1 rings (SSSR count). The summed E-state index contributed by atoms with van der Waals surface area (Å²) in [6.45, 7) is 2.91. The second-order valence-electron chi connectivity index (χ2n) is 4.50. The van der Waals surface area contributed by atoms with Gasteiger partial charge in [0, 0.05) is 13.1 Å². The average Bonchev–Trinajstić information content (AvgIpc) is 2.25. The molecular formula is C13H16F2N2O2. The number of hydrogen-bond acceptors (Lipinski definition) is 4. The van der Waals surface area contributed by atoms with Gasteiger partial charge < -0.3 is 15.1 Å². The fraction of sp³-hybridized carbons (Fsp3) is 0.462. The Morgan fingerprint density at radius 1 is 1.16 bits per heavy atom. The second kappa shape index (κ2) is 6.45. The number of nitriles is 1. The summed E-state index contributed by atoms with van der Waals surface area (Å²) < 4.78 is 27.7. The third-order valence-electron chi connectivity index (χ3n) is 2.43. The normalized spacial score (nSPS) is 13.7. The van der Waals surface area contributed by atoms with Crippen molar-refractivity contribution in [2.75, 3.05) is 18.0 Å². The highest BCUT2D eigenvalue weighted by molar-refractivity contribution is 5.52. The van der Waals surface area contributed by atoms with Gasteiger partial charge in [-0.05, 0) is 26.0 Å². The molecule has 0 spiro atoms. The van der Waals surface area contributed by atoms with Gasteiger partial charge in [0.2, 0.25) is 0 Å². The molecule has 2 unspecified atom stereocenters. The molecule has 0 amide bonds. The highest BCUT2D eigenvalue weighted by atomic mass is 19.1. The molecule has 0 heterocycles. The van der Waals surface area contributed by atoms with Crippen LogP contribution in [0.25, 0.3) is 0 Å². The molecule has 6 heteroatoms. The zero-order chi connectivity index (χ0) is 14.6. The van der Waals surface area contributed by atoms with E-state index < -0.39 is 23.8 Å². The Bertz CT molecular complexity index is 451. The number of benzene rings is 1. The Hall–Kier alpha value is -1.71. The molecule has 1 aromatic rings. The van der Waals surface area contributed by atoms with Crippen LogP contribution in [0, 0.1) is 23.0 Å². The standard InChI is InChI=1S/C13H16F2N2O2/c1-8(18)6-17(7-9(2)19)13-11(14)3-10(5-16)4-12(13)15/h3-4,8-9,18-19H,6-7H2,1-2H3. The molecule has 0 fully saturated rings. The van der Waals surface area contributed by atoms with Crippen molar-refractivity contribution in [1.29, 1.82) is 5.26 Å². The van der Waals surface area contributed by atoms with Crippen molar-refractivity contribution in [3.05, 3.63) is 29.3 Å². The molecule has 0 aliphatic rings. The number of nitrogens with zero attached hydrogens (tertiary/aromatic N) is 2. The van der Waals surface area contributed by atoms with Gasteiger partial charge in [-0.2, -0.15) is 5.26 Å². The lowest BCUT2D eigenvalue weighted by molar-refractivity contribution is 0.177. The number of anilines is 1. The van der Waals surface area contributed by atoms with Crippen LogP contribution in [-0.2, 0) is 0 Å². The first kappa shape index (κ1) is 15.3. The van der Waals surface area contributed by atoms with E-state index >= 15 is 0 Å². The van der Waals surface area contributed by atoms with E-state index in [2.05, 4.69) is 0 Å². The minimum absolute atomic E-state index is 0.0232. The predicted octanol–water partition coefficient (Wildman–Crippen LogP) is 1.40. The Morgan fingerprint density at radius 2 is 1.58 bits per heavy atom. The molecule has 2 atom stereocenters. The predicted molar refractivity (Wildman–Crippen MR) is 66.6 cm³/mol. The van der Waals surface area contributed by atoms with E-state index in [0.29, 0.717) is 0 Å². The lowest BCUT2D eigenvalue weighted by Crippen LogP contribution is -2.37. The maximum atomic E-state index is 13.9. The summed E-state index contributed by atoms with van der Waals surface area (Å²) in [5.74, 6) is -1.78. The zero-order valence-corrected chi connectivity index (χ0v) is 10.8. The second-order valence-corrected chi connectivity index (χ2v) is 4.50. The lowest BCUT2D eigenvalue weighted by Gasteiger charge is -2.28. The zero-order valence-electron chi connectivity index (χ0n) is 10.8. The molecular weight excluding hydrogens is 254 g/mol. The van der Waals surface area contributed by atoms with Crippen LogP contribution in [0.4, 0.5) is 14.5 Å². The van der Waals surface area contributed by atoms with E-state index in [1.54, 1.807) is 6.07 Å². The Morgan fingerprint density at radius 3 is 1.89 bits per heavy atom. The Labute approximate surface area is 110 Å². The van der Waals surface area contributed by atoms with Crippen LogP contribution >= 0.6 is 0 Å². The smallest absolute Gasteiger partial charge is 0.150 e. The highest BCUT2D eigenvalue weighted by Crippen LogP contribution is 2.25. The summed E-state index contributed by atoms with van der Waals surface area (Å²) in [5.41, 5.74) is -0.464. The summed E-state index contributed by atoms with van der Waals surface area (Å²) >= 11 is 0. The molecule has 1 aromatic carbocycles. The van der Waals surface area contributed by atoms with Crippen molar-refractivity contribution < 1.29 is 19.0 Å². The number of aliphatic hydroxyl groups excluding tert-OH is 2. The van der Waals surface area contributed by atoms with E-state index in [1.807, 2.05) is 0 Å². The molecule has 19 heavy (non-hydrogen) atoms. The largest absolute Gasteiger partial charge is 0.392 e. The van der Waals surface area contributed by atoms with Crippen molar-refractivity contribution in [2.24, 2.45) is 0 Å². The van der Waals surface area contributed by atoms with Gasteiger partial charge in [-0.25, -0.2) is 8.78 Å². The molecule has 0 aliphatic heterocycles. The molecule has 0 bridgehead atoms. The van der Waals surface area contributed by atoms with Crippen LogP contribution in [0.3, 0.4) is 0 Å². The van der Waals surface area contributed by atoms with E-state index in [0.717, 1.165) is 12.1 Å². The quantitative estimate of drug-likeness (QED) is 0.848. The van der Waals surface area contributed by atoms with E-state index in [-0.39, 0.29) is 24.3 Å². The lowest BCUT2D eigenvalue weighted by atomic mass is 10.1. The summed E-state index contributed by atoms with van der Waals surface area (Å²) in [6.07, 6.45) is -1.62. The third-order valence-corrected chi connectivity index (χ3v) is 2.43. The van der Waals surface area contributed by atoms with Gasteiger partial charge >= 0.3 is 0 Å². The molecule has 0 saturated heterocycles. The third kappa shape index (κ3) is 4.16. The van der Waals surface area contributed by atoms with Gasteiger partial charge in [-0.3, -0.25) is 0 Å². The van der Waals surface area contributed by atoms with Crippen LogP contribution in [0.5, 0.6) is 0 Å². The molecule has 0 radical (unpaired) electrons. The van der Waals surface area contributed by atoms with Crippen LogP contribution in [0.2, 0.25) is 0 Å². The summed E-state index contributed by atoms with van der Waals surface area (Å²) in [6, 6.07) is 3.51. The maximum Gasteiger partial charge on any atom is 0.150 e. The topological polar surface area (TPSA) is 67.5 Å². The van der Waals surface area contributed by atoms with Gasteiger partial charge in [0.15, 0.2) is 11.6 Å². The number of halogens is 2. The van der Waals surface area contributed by atoms with Gasteiger partial charge in [0.25, 0.3) is 0 Å². The molecule has 2 N–H and O–H groups in total. The van der Waals surface area contributed by atoms with Crippen molar-refractivity contribution in [3.8, 4) is 6.07 Å². The fourth-order valence-electron chi connectivity index (χ4n) is 1.83. The van der Waals surface area contributed by atoms with E-state index in [1.165, 1.54) is 18.7 Å². The first-order valence-electron chi connectivity index (χ1n) is 5.85.